The maximum atomic E-state index is 11.4. The van der Waals surface area contributed by atoms with Crippen LogP contribution < -0.4 is 0 Å². The molecule has 74 valence electrons. The fraction of sp³-hybridized carbons (Fsp3) is 0.100. The number of esters is 1. The third kappa shape index (κ3) is 1.68. The predicted molar refractivity (Wildman–Crippen MR) is 53.5 cm³/mol. The normalized spacial score (nSPS) is 14.8. The van der Waals surface area contributed by atoms with E-state index >= 15 is 0 Å². The third-order valence-corrected chi connectivity index (χ3v) is 2.06. The van der Waals surface area contributed by atoms with E-state index < -0.39 is 5.97 Å². The Kier molecular flexibility index (Phi) is 2.39. The molecule has 5 nitrogen and oxygen atoms in total. The minimum absolute atomic E-state index is 0.0487. The first-order valence-electron chi connectivity index (χ1n) is 4.33. The SMILES string of the molecule is [N-]=[N+]=NC1=C(c2ccccc2)C(=O)OC1. The van der Waals surface area contributed by atoms with E-state index in [-0.39, 0.29) is 6.61 Å². The molecule has 1 aliphatic rings. The van der Waals surface area contributed by atoms with Crippen molar-refractivity contribution < 1.29 is 9.53 Å². The van der Waals surface area contributed by atoms with Crippen LogP contribution in [0.1, 0.15) is 5.56 Å². The van der Waals surface area contributed by atoms with E-state index in [1.54, 1.807) is 12.1 Å². The van der Waals surface area contributed by atoms with E-state index in [2.05, 4.69) is 10.0 Å². The van der Waals surface area contributed by atoms with Gasteiger partial charge in [-0.2, -0.15) is 0 Å². The number of azide groups is 1. The molecule has 0 unspecified atom stereocenters. The fourth-order valence-electron chi connectivity index (χ4n) is 1.42. The fourth-order valence-corrected chi connectivity index (χ4v) is 1.42. The minimum Gasteiger partial charge on any atom is -0.457 e. The summed E-state index contributed by atoms with van der Waals surface area (Å²) in [5, 5.41) is 3.45. The highest BCUT2D eigenvalue weighted by Crippen LogP contribution is 2.26. The number of nitrogens with zero attached hydrogens (tertiary/aromatic N) is 3. The van der Waals surface area contributed by atoms with E-state index in [1.807, 2.05) is 18.2 Å². The molecule has 0 fully saturated rings. The zero-order valence-corrected chi connectivity index (χ0v) is 7.75. The van der Waals surface area contributed by atoms with Crippen molar-refractivity contribution in [1.82, 2.24) is 0 Å². The second-order valence-corrected chi connectivity index (χ2v) is 2.95. The van der Waals surface area contributed by atoms with Crippen molar-refractivity contribution >= 4 is 11.5 Å². The molecular weight excluding hydrogens is 194 g/mol. The summed E-state index contributed by atoms with van der Waals surface area (Å²) in [6, 6.07) is 9.00. The Morgan fingerprint density at radius 1 is 1.33 bits per heavy atom. The summed E-state index contributed by atoms with van der Waals surface area (Å²) in [5.41, 5.74) is 9.74. The topological polar surface area (TPSA) is 75.1 Å². The molecule has 0 amide bonds. The number of hydrogen-bond acceptors (Lipinski definition) is 3. The van der Waals surface area contributed by atoms with Crippen LogP contribution in [0.2, 0.25) is 0 Å². The average molecular weight is 201 g/mol. The summed E-state index contributed by atoms with van der Waals surface area (Å²) >= 11 is 0. The predicted octanol–water partition coefficient (Wildman–Crippen LogP) is 2.26. The van der Waals surface area contributed by atoms with Gasteiger partial charge >= 0.3 is 5.97 Å². The Morgan fingerprint density at radius 2 is 2.07 bits per heavy atom. The molecule has 0 radical (unpaired) electrons. The average Bonchev–Trinajstić information content (AvgIpc) is 2.62. The highest BCUT2D eigenvalue weighted by molar-refractivity contribution is 6.19. The van der Waals surface area contributed by atoms with Crippen LogP contribution in [0, 0.1) is 0 Å². The molecule has 0 spiro atoms. The number of rotatable bonds is 2. The lowest BCUT2D eigenvalue weighted by molar-refractivity contribution is -0.134. The van der Waals surface area contributed by atoms with E-state index in [0.717, 1.165) is 0 Å². The summed E-state index contributed by atoms with van der Waals surface area (Å²) in [4.78, 5) is 14.1. The standard InChI is InChI=1S/C10H7N3O2/c11-13-12-8-6-15-10(14)9(8)7-4-2-1-3-5-7/h1-5H,6H2. The first-order valence-corrected chi connectivity index (χ1v) is 4.33. The molecule has 0 aliphatic carbocycles. The van der Waals surface area contributed by atoms with Crippen LogP contribution in [0.25, 0.3) is 16.0 Å². The molecule has 0 N–H and O–H groups in total. The molecule has 0 bridgehead atoms. The van der Waals surface area contributed by atoms with E-state index in [9.17, 15) is 4.79 Å². The second kappa shape index (κ2) is 3.86. The summed E-state index contributed by atoms with van der Waals surface area (Å²) in [6.07, 6.45) is 0. The molecule has 1 aromatic carbocycles. The lowest BCUT2D eigenvalue weighted by Gasteiger charge is -1.98. The second-order valence-electron chi connectivity index (χ2n) is 2.95. The van der Waals surface area contributed by atoms with Gasteiger partial charge < -0.3 is 4.74 Å². The Morgan fingerprint density at radius 3 is 2.73 bits per heavy atom. The van der Waals surface area contributed by atoms with E-state index in [4.69, 9.17) is 10.3 Å². The van der Waals surface area contributed by atoms with Gasteiger partial charge in [-0.1, -0.05) is 35.4 Å². The van der Waals surface area contributed by atoms with Crippen molar-refractivity contribution in [2.75, 3.05) is 6.61 Å². The van der Waals surface area contributed by atoms with Crippen molar-refractivity contribution in [3.63, 3.8) is 0 Å². The van der Waals surface area contributed by atoms with Crippen LogP contribution >= 0.6 is 0 Å². The van der Waals surface area contributed by atoms with Crippen molar-refractivity contribution in [3.05, 3.63) is 52.0 Å². The molecular formula is C10H7N3O2. The van der Waals surface area contributed by atoms with Crippen LogP contribution in [-0.4, -0.2) is 12.6 Å². The number of carbonyl (C=O) groups is 1. The maximum Gasteiger partial charge on any atom is 0.339 e. The Hall–Kier alpha value is -2.26. The van der Waals surface area contributed by atoms with Gasteiger partial charge in [0.25, 0.3) is 0 Å². The first kappa shape index (κ1) is 9.30. The maximum absolute atomic E-state index is 11.4. The van der Waals surface area contributed by atoms with Crippen molar-refractivity contribution in [3.8, 4) is 0 Å². The molecule has 2 rings (SSSR count). The Labute approximate surface area is 85.6 Å². The van der Waals surface area contributed by atoms with Crippen LogP contribution in [0.4, 0.5) is 0 Å². The van der Waals surface area contributed by atoms with Crippen LogP contribution in [0.5, 0.6) is 0 Å². The highest BCUT2D eigenvalue weighted by Gasteiger charge is 2.24. The molecule has 15 heavy (non-hydrogen) atoms. The van der Waals surface area contributed by atoms with Crippen molar-refractivity contribution in [2.24, 2.45) is 5.11 Å². The van der Waals surface area contributed by atoms with E-state index in [1.165, 1.54) is 0 Å². The molecule has 1 aliphatic heterocycles. The van der Waals surface area contributed by atoms with Gasteiger partial charge in [0, 0.05) is 4.91 Å². The van der Waals surface area contributed by atoms with Gasteiger partial charge in [0.1, 0.15) is 6.61 Å². The number of benzene rings is 1. The summed E-state index contributed by atoms with van der Waals surface area (Å²) < 4.78 is 4.81. The zero-order chi connectivity index (χ0) is 10.7. The number of carbonyl (C=O) groups excluding carboxylic acids is 1. The van der Waals surface area contributed by atoms with Gasteiger partial charge in [0.15, 0.2) is 0 Å². The van der Waals surface area contributed by atoms with Crippen LogP contribution in [0.15, 0.2) is 41.1 Å². The summed E-state index contributed by atoms with van der Waals surface area (Å²) in [6.45, 7) is 0.0487. The smallest absolute Gasteiger partial charge is 0.339 e. The number of hydrogen-bond donors (Lipinski definition) is 0. The molecule has 0 saturated carbocycles. The molecule has 1 aromatic rings. The lowest BCUT2D eigenvalue weighted by Crippen LogP contribution is -1.98. The number of cyclic esters (lactones) is 1. The van der Waals surface area contributed by atoms with Gasteiger partial charge in [-0.05, 0) is 11.1 Å². The third-order valence-electron chi connectivity index (χ3n) is 2.06. The van der Waals surface area contributed by atoms with Crippen molar-refractivity contribution in [2.45, 2.75) is 0 Å². The van der Waals surface area contributed by atoms with Gasteiger partial charge in [-0.15, -0.1) is 0 Å². The molecule has 0 atom stereocenters. The van der Waals surface area contributed by atoms with Crippen molar-refractivity contribution in [1.29, 1.82) is 0 Å². The van der Waals surface area contributed by atoms with Gasteiger partial charge in [0.2, 0.25) is 0 Å². The first-order chi connectivity index (χ1) is 7.33. The van der Waals surface area contributed by atoms with Crippen LogP contribution in [-0.2, 0) is 9.53 Å². The zero-order valence-electron chi connectivity index (χ0n) is 7.75. The minimum atomic E-state index is -0.441. The Bertz CT molecular complexity index is 473. The molecule has 0 aromatic heterocycles. The quantitative estimate of drug-likeness (QED) is 0.318. The summed E-state index contributed by atoms with van der Waals surface area (Å²) in [5.74, 6) is -0.441. The number of ether oxygens (including phenoxy) is 1. The monoisotopic (exact) mass is 201 g/mol. The molecule has 1 heterocycles. The van der Waals surface area contributed by atoms with Gasteiger partial charge in [-0.3, -0.25) is 0 Å². The van der Waals surface area contributed by atoms with Gasteiger partial charge in [0.05, 0.1) is 11.3 Å². The Balaban J connectivity index is 2.53. The highest BCUT2D eigenvalue weighted by atomic mass is 16.5. The summed E-state index contributed by atoms with van der Waals surface area (Å²) in [7, 11) is 0. The van der Waals surface area contributed by atoms with E-state index in [0.29, 0.717) is 16.8 Å². The van der Waals surface area contributed by atoms with Crippen LogP contribution in [0.3, 0.4) is 0 Å². The van der Waals surface area contributed by atoms with Gasteiger partial charge in [-0.25, -0.2) is 4.79 Å². The largest absolute Gasteiger partial charge is 0.457 e. The molecule has 5 heteroatoms. The molecule has 0 saturated heterocycles. The lowest BCUT2D eigenvalue weighted by atomic mass is 10.1.